The fraction of sp³-hybridized carbons (Fsp3) is 0.188. The van der Waals surface area contributed by atoms with Crippen molar-refractivity contribution in [1.29, 1.82) is 0 Å². The first-order valence-electron chi connectivity index (χ1n) is 6.75. The van der Waals surface area contributed by atoms with E-state index in [-0.39, 0.29) is 11.3 Å². The highest BCUT2D eigenvalue weighted by atomic mass is 35.5. The maximum Gasteiger partial charge on any atom is 0.344 e. The van der Waals surface area contributed by atoms with Crippen molar-refractivity contribution in [3.8, 4) is 0 Å². The van der Waals surface area contributed by atoms with E-state index in [1.165, 1.54) is 19.2 Å². The first kappa shape index (κ1) is 16.8. The quantitative estimate of drug-likeness (QED) is 0.474. The Bertz CT molecular complexity index is 749. The largest absolute Gasteiger partial charge is 0.465 e. The van der Waals surface area contributed by atoms with E-state index in [4.69, 9.17) is 11.6 Å². The molecule has 0 atom stereocenters. The third-order valence-electron chi connectivity index (χ3n) is 3.39. The van der Waals surface area contributed by atoms with Gasteiger partial charge in [0, 0.05) is 30.4 Å². The number of esters is 1. The Morgan fingerprint density at radius 2 is 2.00 bits per heavy atom. The summed E-state index contributed by atoms with van der Waals surface area (Å²) < 4.78 is 4.62. The monoisotopic (exact) mass is 334 g/mol. The number of carbonyl (C=O) groups excluding carboxylic acids is 1. The van der Waals surface area contributed by atoms with Gasteiger partial charge in [-0.1, -0.05) is 29.8 Å². The van der Waals surface area contributed by atoms with Gasteiger partial charge in [0.1, 0.15) is 5.56 Å². The molecule has 0 aromatic heterocycles. The molecule has 0 bridgehead atoms. The molecule has 0 saturated heterocycles. The molecule has 0 fully saturated rings. The summed E-state index contributed by atoms with van der Waals surface area (Å²) in [6, 6.07) is 11.7. The Hall–Kier alpha value is -2.60. The second-order valence-corrected chi connectivity index (χ2v) is 5.30. The topological polar surface area (TPSA) is 72.7 Å². The molecule has 0 heterocycles. The maximum atomic E-state index is 11.8. The van der Waals surface area contributed by atoms with E-state index in [9.17, 15) is 14.9 Å². The molecule has 0 aliphatic carbocycles. The van der Waals surface area contributed by atoms with Crippen LogP contribution in [0.25, 0.3) is 0 Å². The van der Waals surface area contributed by atoms with Gasteiger partial charge in [0.15, 0.2) is 0 Å². The van der Waals surface area contributed by atoms with Crippen LogP contribution in [0, 0.1) is 10.1 Å². The van der Waals surface area contributed by atoms with Crippen molar-refractivity contribution in [2.45, 2.75) is 6.54 Å². The number of hydrogen-bond donors (Lipinski definition) is 0. The molecule has 0 N–H and O–H groups in total. The van der Waals surface area contributed by atoms with Crippen LogP contribution in [0.1, 0.15) is 15.9 Å². The van der Waals surface area contributed by atoms with E-state index in [2.05, 4.69) is 4.74 Å². The number of anilines is 1. The van der Waals surface area contributed by atoms with Gasteiger partial charge in [-0.3, -0.25) is 10.1 Å². The average Bonchev–Trinajstić information content (AvgIpc) is 2.55. The fourth-order valence-corrected chi connectivity index (χ4v) is 2.36. The highest BCUT2D eigenvalue weighted by Crippen LogP contribution is 2.27. The zero-order valence-electron chi connectivity index (χ0n) is 12.7. The van der Waals surface area contributed by atoms with Crippen molar-refractivity contribution < 1.29 is 14.5 Å². The second-order valence-electron chi connectivity index (χ2n) is 4.90. The standard InChI is InChI=1S/C16H15ClN2O4/c1-18(10-11-5-3-4-6-14(11)17)12-7-8-15(19(21)22)13(9-12)16(20)23-2/h3-9H,10H2,1-2H3. The normalized spacial score (nSPS) is 10.2. The predicted octanol–water partition coefficient (Wildman–Crippen LogP) is 3.67. The van der Waals surface area contributed by atoms with Crippen LogP contribution in [-0.4, -0.2) is 25.1 Å². The predicted molar refractivity (Wildman–Crippen MR) is 88.0 cm³/mol. The maximum absolute atomic E-state index is 11.8. The lowest BCUT2D eigenvalue weighted by molar-refractivity contribution is -0.385. The summed E-state index contributed by atoms with van der Waals surface area (Å²) in [6.07, 6.45) is 0. The molecule has 0 amide bonds. The number of hydrogen-bond acceptors (Lipinski definition) is 5. The molecule has 2 rings (SSSR count). The summed E-state index contributed by atoms with van der Waals surface area (Å²) in [4.78, 5) is 24.0. The van der Waals surface area contributed by atoms with Crippen LogP contribution < -0.4 is 4.90 Å². The molecule has 0 radical (unpaired) electrons. The van der Waals surface area contributed by atoms with Crippen molar-refractivity contribution in [2.75, 3.05) is 19.1 Å². The second kappa shape index (κ2) is 7.11. The third-order valence-corrected chi connectivity index (χ3v) is 3.76. The molecular formula is C16H15ClN2O4. The van der Waals surface area contributed by atoms with Gasteiger partial charge in [0.2, 0.25) is 0 Å². The molecule has 6 nitrogen and oxygen atoms in total. The number of nitro groups is 1. The third kappa shape index (κ3) is 3.78. The van der Waals surface area contributed by atoms with E-state index < -0.39 is 10.9 Å². The SMILES string of the molecule is COC(=O)c1cc(N(C)Cc2ccccc2Cl)ccc1[N+](=O)[O-]. The first-order chi connectivity index (χ1) is 10.9. The summed E-state index contributed by atoms with van der Waals surface area (Å²) in [5, 5.41) is 11.7. The highest BCUT2D eigenvalue weighted by molar-refractivity contribution is 6.31. The summed E-state index contributed by atoms with van der Waals surface area (Å²) in [5.41, 5.74) is 1.19. The highest BCUT2D eigenvalue weighted by Gasteiger charge is 2.22. The minimum atomic E-state index is -0.746. The van der Waals surface area contributed by atoms with E-state index in [1.807, 2.05) is 30.1 Å². The molecule has 0 aliphatic heterocycles. The number of methoxy groups -OCH3 is 1. The van der Waals surface area contributed by atoms with Crippen LogP contribution in [0.3, 0.4) is 0 Å². The zero-order valence-corrected chi connectivity index (χ0v) is 13.4. The smallest absolute Gasteiger partial charge is 0.344 e. The van der Waals surface area contributed by atoms with Gasteiger partial charge in [-0.15, -0.1) is 0 Å². The molecule has 0 spiro atoms. The number of halogens is 1. The van der Waals surface area contributed by atoms with E-state index in [0.717, 1.165) is 5.56 Å². The van der Waals surface area contributed by atoms with Gasteiger partial charge < -0.3 is 9.64 Å². The molecule has 7 heteroatoms. The molecule has 0 unspecified atom stereocenters. The minimum Gasteiger partial charge on any atom is -0.465 e. The van der Waals surface area contributed by atoms with Crippen LogP contribution in [0.4, 0.5) is 11.4 Å². The lowest BCUT2D eigenvalue weighted by atomic mass is 10.1. The van der Waals surface area contributed by atoms with Gasteiger partial charge in [-0.2, -0.15) is 0 Å². The van der Waals surface area contributed by atoms with Crippen molar-refractivity contribution in [2.24, 2.45) is 0 Å². The Kier molecular flexibility index (Phi) is 5.18. The van der Waals surface area contributed by atoms with E-state index in [0.29, 0.717) is 17.3 Å². The van der Waals surface area contributed by atoms with Gasteiger partial charge in [-0.25, -0.2) is 4.79 Å². The van der Waals surface area contributed by atoms with Crippen LogP contribution in [-0.2, 0) is 11.3 Å². The van der Waals surface area contributed by atoms with Crippen molar-refractivity contribution in [1.82, 2.24) is 0 Å². The van der Waals surface area contributed by atoms with E-state index >= 15 is 0 Å². The van der Waals surface area contributed by atoms with Gasteiger partial charge >= 0.3 is 5.97 Å². The lowest BCUT2D eigenvalue weighted by Crippen LogP contribution is -2.17. The van der Waals surface area contributed by atoms with Crippen LogP contribution >= 0.6 is 11.6 Å². The van der Waals surface area contributed by atoms with Crippen molar-refractivity contribution in [3.63, 3.8) is 0 Å². The number of nitro benzene ring substituents is 1. The lowest BCUT2D eigenvalue weighted by Gasteiger charge is -2.20. The van der Waals surface area contributed by atoms with Crippen LogP contribution in [0.5, 0.6) is 0 Å². The minimum absolute atomic E-state index is 0.0824. The fourth-order valence-electron chi connectivity index (χ4n) is 2.17. The average molecular weight is 335 g/mol. The van der Waals surface area contributed by atoms with Crippen molar-refractivity contribution in [3.05, 3.63) is 68.7 Å². The van der Waals surface area contributed by atoms with Gasteiger partial charge in [0.25, 0.3) is 5.69 Å². The summed E-state index contributed by atoms with van der Waals surface area (Å²) in [5.74, 6) is -0.746. The van der Waals surface area contributed by atoms with Crippen LogP contribution in [0.2, 0.25) is 5.02 Å². The molecule has 0 saturated carbocycles. The van der Waals surface area contributed by atoms with Gasteiger partial charge in [0.05, 0.1) is 12.0 Å². The van der Waals surface area contributed by atoms with Crippen molar-refractivity contribution >= 4 is 28.9 Å². The Labute approximate surface area is 138 Å². The van der Waals surface area contributed by atoms with Gasteiger partial charge in [-0.05, 0) is 23.8 Å². The summed E-state index contributed by atoms with van der Waals surface area (Å²) >= 11 is 6.14. The molecule has 2 aromatic carbocycles. The van der Waals surface area contributed by atoms with Crippen LogP contribution in [0.15, 0.2) is 42.5 Å². The Morgan fingerprint density at radius 3 is 2.61 bits per heavy atom. The number of rotatable bonds is 5. The summed E-state index contributed by atoms with van der Waals surface area (Å²) in [7, 11) is 3.00. The number of benzene rings is 2. The number of ether oxygens (including phenoxy) is 1. The Balaban J connectivity index is 2.34. The number of carbonyl (C=O) groups is 1. The molecule has 120 valence electrons. The number of nitrogens with zero attached hydrogens (tertiary/aromatic N) is 2. The Morgan fingerprint density at radius 1 is 1.30 bits per heavy atom. The zero-order chi connectivity index (χ0) is 17.0. The molecular weight excluding hydrogens is 320 g/mol. The molecule has 0 aliphatic rings. The molecule has 2 aromatic rings. The summed E-state index contributed by atoms with van der Waals surface area (Å²) in [6.45, 7) is 0.498. The first-order valence-corrected chi connectivity index (χ1v) is 7.13. The van der Waals surface area contributed by atoms with E-state index in [1.54, 1.807) is 12.1 Å². The molecule has 23 heavy (non-hydrogen) atoms.